The molecule has 0 aliphatic rings. The molecule has 0 amide bonds. The van der Waals surface area contributed by atoms with Crippen LogP contribution in [0.5, 0.6) is 0 Å². The topological polar surface area (TPSA) is 64.7 Å². The van der Waals surface area contributed by atoms with Crippen LogP contribution in [0.15, 0.2) is 11.5 Å². The Kier molecular flexibility index (Phi) is 11.9. The predicted octanol–water partition coefficient (Wildman–Crippen LogP) is 5.64. The molecule has 0 unspecified atom stereocenters. The van der Waals surface area contributed by atoms with Gasteiger partial charge in [-0.05, 0) is 12.8 Å². The lowest BCUT2D eigenvalue weighted by Crippen LogP contribution is -2.06. The maximum atomic E-state index is 5.67. The van der Waals surface area contributed by atoms with Crippen LogP contribution < -0.4 is 5.73 Å². The van der Waals surface area contributed by atoms with Crippen LogP contribution in [0.4, 0.5) is 5.95 Å². The van der Waals surface area contributed by atoms with E-state index < -0.39 is 0 Å². The summed E-state index contributed by atoms with van der Waals surface area (Å²) in [6.45, 7) is 4.53. The molecule has 0 aromatic carbocycles. The van der Waals surface area contributed by atoms with Gasteiger partial charge in [0.1, 0.15) is 6.33 Å². The smallest absolute Gasteiger partial charge is 0.223 e. The van der Waals surface area contributed by atoms with Gasteiger partial charge in [-0.1, -0.05) is 89.8 Å². The SMILES string of the molecule is CCCCCCCC(CCCCCCC)Sc1ncnc(N)n1. The normalized spacial score (nSPS) is 11.3. The fraction of sp³-hybridized carbons (Fsp3) is 0.833. The first-order chi connectivity index (χ1) is 11.3. The molecule has 0 spiro atoms. The highest BCUT2D eigenvalue weighted by Crippen LogP contribution is 2.28. The molecule has 1 aromatic heterocycles. The number of nitrogen functional groups attached to an aromatic ring is 1. The number of thioether (sulfide) groups is 1. The second-order valence-electron chi connectivity index (χ2n) is 6.27. The molecule has 1 heterocycles. The van der Waals surface area contributed by atoms with E-state index in [0.717, 1.165) is 5.16 Å². The maximum absolute atomic E-state index is 5.67. The highest BCUT2D eigenvalue weighted by Gasteiger charge is 2.12. The van der Waals surface area contributed by atoms with Crippen molar-refractivity contribution < 1.29 is 0 Å². The van der Waals surface area contributed by atoms with Gasteiger partial charge in [-0.25, -0.2) is 9.97 Å². The summed E-state index contributed by atoms with van der Waals surface area (Å²) < 4.78 is 0. The van der Waals surface area contributed by atoms with E-state index in [1.165, 1.54) is 83.4 Å². The molecule has 2 N–H and O–H groups in total. The quantitative estimate of drug-likeness (QED) is 0.351. The number of unbranched alkanes of at least 4 members (excludes halogenated alkanes) is 8. The first-order valence-electron chi connectivity index (χ1n) is 9.37. The van der Waals surface area contributed by atoms with Gasteiger partial charge in [0.15, 0.2) is 5.16 Å². The Labute approximate surface area is 146 Å². The van der Waals surface area contributed by atoms with Gasteiger partial charge in [0.2, 0.25) is 5.95 Å². The Morgan fingerprint density at radius 3 is 1.96 bits per heavy atom. The molecule has 0 bridgehead atoms. The van der Waals surface area contributed by atoms with Crippen molar-refractivity contribution in [2.45, 2.75) is 101 Å². The lowest BCUT2D eigenvalue weighted by Gasteiger charge is -2.15. The van der Waals surface area contributed by atoms with Gasteiger partial charge in [-0.15, -0.1) is 0 Å². The number of hydrogen-bond acceptors (Lipinski definition) is 5. The van der Waals surface area contributed by atoms with Crippen molar-refractivity contribution in [3.05, 3.63) is 6.33 Å². The van der Waals surface area contributed by atoms with E-state index in [1.807, 2.05) is 0 Å². The van der Waals surface area contributed by atoms with E-state index >= 15 is 0 Å². The molecule has 0 saturated heterocycles. The van der Waals surface area contributed by atoms with Crippen molar-refractivity contribution in [1.82, 2.24) is 15.0 Å². The number of aromatic nitrogens is 3. The summed E-state index contributed by atoms with van der Waals surface area (Å²) in [7, 11) is 0. The minimum Gasteiger partial charge on any atom is -0.368 e. The molecule has 132 valence electrons. The lowest BCUT2D eigenvalue weighted by molar-refractivity contribution is 0.550. The summed E-state index contributed by atoms with van der Waals surface area (Å²) in [5.74, 6) is 0.326. The third kappa shape index (κ3) is 10.5. The monoisotopic (exact) mass is 338 g/mol. The number of nitrogens with zero attached hydrogens (tertiary/aromatic N) is 3. The molecule has 0 radical (unpaired) electrons. The van der Waals surface area contributed by atoms with E-state index in [2.05, 4.69) is 28.8 Å². The van der Waals surface area contributed by atoms with E-state index in [4.69, 9.17) is 5.73 Å². The van der Waals surface area contributed by atoms with Crippen molar-refractivity contribution >= 4 is 17.7 Å². The fourth-order valence-corrected chi connectivity index (χ4v) is 3.83. The van der Waals surface area contributed by atoms with Crippen molar-refractivity contribution in [2.24, 2.45) is 0 Å². The Hall–Kier alpha value is -0.840. The van der Waals surface area contributed by atoms with Gasteiger partial charge in [0.05, 0.1) is 0 Å². The van der Waals surface area contributed by atoms with Gasteiger partial charge in [-0.3, -0.25) is 0 Å². The average molecular weight is 339 g/mol. The van der Waals surface area contributed by atoms with Crippen LogP contribution in [0.1, 0.15) is 90.9 Å². The second-order valence-corrected chi connectivity index (χ2v) is 7.54. The van der Waals surface area contributed by atoms with E-state index in [0.29, 0.717) is 11.2 Å². The van der Waals surface area contributed by atoms with Gasteiger partial charge in [0.25, 0.3) is 0 Å². The number of anilines is 1. The van der Waals surface area contributed by atoms with Crippen LogP contribution in [0, 0.1) is 0 Å². The summed E-state index contributed by atoms with van der Waals surface area (Å²) in [6, 6.07) is 0. The Morgan fingerprint density at radius 1 is 0.870 bits per heavy atom. The molecule has 0 saturated carbocycles. The summed E-state index contributed by atoms with van der Waals surface area (Å²) in [5, 5.41) is 1.39. The van der Waals surface area contributed by atoms with Gasteiger partial charge < -0.3 is 5.73 Å². The van der Waals surface area contributed by atoms with Crippen molar-refractivity contribution in [3.63, 3.8) is 0 Å². The molecule has 5 heteroatoms. The highest BCUT2D eigenvalue weighted by atomic mass is 32.2. The summed E-state index contributed by atoms with van der Waals surface area (Å²) in [6.07, 6.45) is 17.4. The second kappa shape index (κ2) is 13.6. The molecule has 0 atom stereocenters. The molecular weight excluding hydrogens is 304 g/mol. The molecule has 4 nitrogen and oxygen atoms in total. The molecule has 1 rings (SSSR count). The van der Waals surface area contributed by atoms with Crippen LogP contribution in [0.3, 0.4) is 0 Å². The van der Waals surface area contributed by atoms with E-state index in [-0.39, 0.29) is 0 Å². The third-order valence-electron chi connectivity index (χ3n) is 4.10. The standard InChI is InChI=1S/C18H34N4S/c1-3-5-7-9-11-13-16(14-12-10-8-6-4-2)23-18-21-15-20-17(19)22-18/h15-16H,3-14H2,1-2H3,(H2,19,20,21,22). The molecule has 23 heavy (non-hydrogen) atoms. The average Bonchev–Trinajstić information content (AvgIpc) is 2.54. The fourth-order valence-electron chi connectivity index (χ4n) is 2.71. The Bertz CT molecular complexity index is 386. The van der Waals surface area contributed by atoms with Crippen LogP contribution >= 0.6 is 11.8 Å². The summed E-state index contributed by atoms with van der Waals surface area (Å²) >= 11 is 1.79. The first-order valence-corrected chi connectivity index (χ1v) is 10.2. The Morgan fingerprint density at radius 2 is 1.43 bits per heavy atom. The zero-order valence-electron chi connectivity index (χ0n) is 15.0. The molecule has 0 aliphatic carbocycles. The number of rotatable bonds is 14. The van der Waals surface area contributed by atoms with Crippen LogP contribution in [-0.4, -0.2) is 20.2 Å². The van der Waals surface area contributed by atoms with Gasteiger partial charge >= 0.3 is 0 Å². The van der Waals surface area contributed by atoms with Crippen molar-refractivity contribution in [2.75, 3.05) is 5.73 Å². The highest BCUT2D eigenvalue weighted by molar-refractivity contribution is 7.99. The molecular formula is C18H34N4S. The predicted molar refractivity (Wildman–Crippen MR) is 101 cm³/mol. The largest absolute Gasteiger partial charge is 0.368 e. The Balaban J connectivity index is 2.37. The van der Waals surface area contributed by atoms with Crippen LogP contribution in [0.25, 0.3) is 0 Å². The van der Waals surface area contributed by atoms with E-state index in [1.54, 1.807) is 11.8 Å². The summed E-state index contributed by atoms with van der Waals surface area (Å²) in [4.78, 5) is 12.4. The van der Waals surface area contributed by atoms with Gasteiger partial charge in [-0.2, -0.15) is 4.98 Å². The maximum Gasteiger partial charge on any atom is 0.223 e. The van der Waals surface area contributed by atoms with Crippen molar-refractivity contribution in [3.8, 4) is 0 Å². The number of hydrogen-bond donors (Lipinski definition) is 1. The van der Waals surface area contributed by atoms with Crippen LogP contribution in [-0.2, 0) is 0 Å². The van der Waals surface area contributed by atoms with E-state index in [9.17, 15) is 0 Å². The first kappa shape index (κ1) is 20.2. The molecule has 0 aliphatic heterocycles. The van der Waals surface area contributed by atoms with Crippen LogP contribution in [0.2, 0.25) is 0 Å². The zero-order chi connectivity index (χ0) is 16.8. The lowest BCUT2D eigenvalue weighted by atomic mass is 10.0. The number of nitrogens with two attached hydrogens (primary N) is 1. The summed E-state index contributed by atoms with van der Waals surface area (Å²) in [5.41, 5.74) is 5.67. The third-order valence-corrected chi connectivity index (χ3v) is 5.31. The van der Waals surface area contributed by atoms with Gasteiger partial charge in [0, 0.05) is 5.25 Å². The molecule has 0 fully saturated rings. The molecule has 1 aromatic rings. The zero-order valence-corrected chi connectivity index (χ0v) is 15.8. The minimum atomic E-state index is 0.326. The van der Waals surface area contributed by atoms with Crippen molar-refractivity contribution in [1.29, 1.82) is 0 Å². The minimum absolute atomic E-state index is 0.326.